The molecule has 1 unspecified atom stereocenters. The van der Waals surface area contributed by atoms with E-state index in [1.54, 1.807) is 0 Å². The van der Waals surface area contributed by atoms with Crippen LogP contribution >= 0.6 is 0 Å². The number of para-hydroxylation sites is 3. The zero-order valence-electron chi connectivity index (χ0n) is 35.8. The second-order valence-electron chi connectivity index (χ2n) is 17.8. The van der Waals surface area contributed by atoms with Crippen molar-refractivity contribution in [3.8, 4) is 44.8 Å². The third-order valence-corrected chi connectivity index (χ3v) is 14.5. The van der Waals surface area contributed by atoms with Gasteiger partial charge >= 0.3 is 0 Å². The summed E-state index contributed by atoms with van der Waals surface area (Å²) in [6, 6.07) is 85.2. The van der Waals surface area contributed by atoms with Crippen LogP contribution in [0.2, 0.25) is 0 Å². The van der Waals surface area contributed by atoms with E-state index in [1.807, 2.05) is 0 Å². The van der Waals surface area contributed by atoms with Gasteiger partial charge < -0.3 is 14.0 Å². The molecular weight excluding hydrogens is 787 g/mol. The minimum absolute atomic E-state index is 0.377. The normalized spacial score (nSPS) is 14.9. The molecule has 3 heterocycles. The fourth-order valence-electron chi connectivity index (χ4n) is 11.7. The summed E-state index contributed by atoms with van der Waals surface area (Å²) in [5.41, 5.74) is 21.8. The predicted molar refractivity (Wildman–Crippen MR) is 272 cm³/mol. The van der Waals surface area contributed by atoms with E-state index >= 15 is 0 Å². The minimum Gasteiger partial charge on any atom is -0.310 e. The van der Waals surface area contributed by atoms with Gasteiger partial charge in [-0.05, 0) is 136 Å². The maximum absolute atomic E-state index is 2.53. The van der Waals surface area contributed by atoms with E-state index < -0.39 is 0 Å². The summed E-state index contributed by atoms with van der Waals surface area (Å²) in [6.45, 7) is 2.46. The molecule has 1 aliphatic heterocycles. The molecule has 3 nitrogen and oxygen atoms in total. The topological polar surface area (TPSA) is 13.1 Å². The van der Waals surface area contributed by atoms with Crippen molar-refractivity contribution in [1.82, 2.24) is 9.13 Å². The highest BCUT2D eigenvalue weighted by atomic mass is 15.2. The van der Waals surface area contributed by atoms with E-state index in [9.17, 15) is 0 Å². The van der Waals surface area contributed by atoms with Crippen molar-refractivity contribution in [3.05, 3.63) is 247 Å². The first kappa shape index (κ1) is 36.1. The third kappa shape index (κ3) is 5.01. The van der Waals surface area contributed by atoms with E-state index in [-0.39, 0.29) is 5.41 Å². The lowest BCUT2D eigenvalue weighted by Crippen LogP contribution is -2.32. The number of aromatic nitrogens is 2. The lowest BCUT2D eigenvalue weighted by molar-refractivity contribution is 0.703. The van der Waals surface area contributed by atoms with Crippen molar-refractivity contribution in [2.45, 2.75) is 12.3 Å². The van der Waals surface area contributed by atoms with Crippen LogP contribution in [0.1, 0.15) is 23.6 Å². The van der Waals surface area contributed by atoms with E-state index in [4.69, 9.17) is 0 Å². The van der Waals surface area contributed by atoms with E-state index in [2.05, 4.69) is 251 Å². The van der Waals surface area contributed by atoms with E-state index in [0.717, 1.165) is 17.1 Å². The Morgan fingerprint density at radius 1 is 0.323 bits per heavy atom. The summed E-state index contributed by atoms with van der Waals surface area (Å²) >= 11 is 0. The van der Waals surface area contributed by atoms with Gasteiger partial charge in [0.25, 0.3) is 0 Å². The number of hydrogen-bond acceptors (Lipinski definition) is 1. The Labute approximate surface area is 377 Å². The molecule has 10 aromatic carbocycles. The Hall–Kier alpha value is -8.40. The summed E-state index contributed by atoms with van der Waals surface area (Å²) in [6.07, 6.45) is 0. The summed E-state index contributed by atoms with van der Waals surface area (Å²) in [5, 5.41) is 4.97. The molecule has 14 rings (SSSR count). The van der Waals surface area contributed by atoms with Crippen molar-refractivity contribution in [2.75, 3.05) is 4.90 Å². The van der Waals surface area contributed by atoms with Gasteiger partial charge in [0.2, 0.25) is 0 Å². The molecule has 0 saturated carbocycles. The third-order valence-electron chi connectivity index (χ3n) is 14.5. The van der Waals surface area contributed by atoms with Crippen LogP contribution in [0.25, 0.3) is 88.4 Å². The van der Waals surface area contributed by atoms with Gasteiger partial charge in [0.15, 0.2) is 0 Å². The first-order chi connectivity index (χ1) is 32.1. The molecule has 0 amide bonds. The average Bonchev–Trinajstić information content (AvgIpc) is 3.98. The Morgan fingerprint density at radius 3 is 1.68 bits per heavy atom. The monoisotopic (exact) mass is 827 g/mol. The first-order valence-corrected chi connectivity index (χ1v) is 22.6. The minimum atomic E-state index is -0.377. The van der Waals surface area contributed by atoms with Crippen LogP contribution < -0.4 is 4.90 Å². The Bertz CT molecular complexity index is 3880. The van der Waals surface area contributed by atoms with Crippen molar-refractivity contribution in [2.24, 2.45) is 0 Å². The summed E-state index contributed by atoms with van der Waals surface area (Å²) in [7, 11) is 0. The predicted octanol–water partition coefficient (Wildman–Crippen LogP) is 16.3. The van der Waals surface area contributed by atoms with Crippen molar-refractivity contribution in [3.63, 3.8) is 0 Å². The molecule has 0 spiro atoms. The summed E-state index contributed by atoms with van der Waals surface area (Å²) < 4.78 is 4.90. The number of nitrogens with zero attached hydrogens (tertiary/aromatic N) is 3. The second-order valence-corrected chi connectivity index (χ2v) is 17.8. The lowest BCUT2D eigenvalue weighted by Gasteiger charge is -2.42. The van der Waals surface area contributed by atoms with Gasteiger partial charge in [-0.2, -0.15) is 0 Å². The molecule has 65 heavy (non-hydrogen) atoms. The van der Waals surface area contributed by atoms with Gasteiger partial charge in [0, 0.05) is 44.0 Å². The van der Waals surface area contributed by atoms with Crippen LogP contribution in [0.3, 0.4) is 0 Å². The van der Waals surface area contributed by atoms with Crippen LogP contribution in [0.15, 0.2) is 231 Å². The second kappa shape index (κ2) is 13.6. The number of fused-ring (bicyclic) bond motifs is 11. The van der Waals surface area contributed by atoms with Crippen molar-refractivity contribution in [1.29, 1.82) is 0 Å². The van der Waals surface area contributed by atoms with Crippen LogP contribution in [-0.4, -0.2) is 9.13 Å². The van der Waals surface area contributed by atoms with Gasteiger partial charge in [-0.3, -0.25) is 0 Å². The van der Waals surface area contributed by atoms with Gasteiger partial charge in [0.05, 0.1) is 33.4 Å². The zero-order chi connectivity index (χ0) is 42.8. The largest absolute Gasteiger partial charge is 0.310 e. The van der Waals surface area contributed by atoms with Crippen molar-refractivity contribution >= 4 is 60.7 Å². The smallest absolute Gasteiger partial charge is 0.0547 e. The average molecular weight is 828 g/mol. The van der Waals surface area contributed by atoms with Crippen LogP contribution in [0.5, 0.6) is 0 Å². The van der Waals surface area contributed by atoms with E-state index in [0.29, 0.717) is 0 Å². The molecule has 0 radical (unpaired) electrons. The van der Waals surface area contributed by atoms with Crippen LogP contribution in [0, 0.1) is 0 Å². The van der Waals surface area contributed by atoms with Crippen molar-refractivity contribution < 1.29 is 0 Å². The quantitative estimate of drug-likeness (QED) is 0.168. The SMILES string of the molecule is CC12c3ccccc3-c3cccc(c31)N(c1ccc(-c3ccccc3)cc1)c1cc3c4cc(-c5cccc6c5c5ccccc5n6-c5ccccc5)ccc4n(-c4ccccc4)c3cc12. The zero-order valence-corrected chi connectivity index (χ0v) is 35.8. The molecule has 1 aliphatic carbocycles. The number of benzene rings is 10. The van der Waals surface area contributed by atoms with Crippen LogP contribution in [0.4, 0.5) is 17.1 Å². The molecule has 2 aromatic heterocycles. The maximum Gasteiger partial charge on any atom is 0.0547 e. The molecule has 3 heteroatoms. The maximum atomic E-state index is 2.53. The standard InChI is InChI=1S/C62H41N3/c1-62-52-27-13-11-23-47(52)48-26-16-30-57(61(48)62)65(45-34-31-41(32-35-45)40-17-5-2-6-18-40)59-38-51-50-37-42(33-36-55(50)64(58(51)39-53(59)62)44-21-9-4-10-22-44)46-25-15-29-56-60(46)49-24-12-14-28-54(49)63(56)43-19-7-3-8-20-43/h2-39H,1H3. The van der Waals surface area contributed by atoms with Gasteiger partial charge in [0.1, 0.15) is 0 Å². The molecule has 0 N–H and O–H groups in total. The fourth-order valence-corrected chi connectivity index (χ4v) is 11.7. The molecule has 0 fully saturated rings. The Balaban J connectivity index is 1.06. The summed E-state index contributed by atoms with van der Waals surface area (Å²) in [4.78, 5) is 2.53. The highest BCUT2D eigenvalue weighted by molar-refractivity contribution is 6.18. The number of anilines is 3. The number of hydrogen-bond donors (Lipinski definition) is 0. The molecule has 1 atom stereocenters. The van der Waals surface area contributed by atoms with Gasteiger partial charge in [-0.25, -0.2) is 0 Å². The fraction of sp³-hybridized carbons (Fsp3) is 0.0323. The van der Waals surface area contributed by atoms with Crippen LogP contribution in [-0.2, 0) is 5.41 Å². The molecule has 2 aliphatic rings. The lowest BCUT2D eigenvalue weighted by atomic mass is 9.70. The molecule has 304 valence electrons. The first-order valence-electron chi connectivity index (χ1n) is 22.6. The Kier molecular flexibility index (Phi) is 7.53. The highest BCUT2D eigenvalue weighted by Gasteiger charge is 2.48. The molecular formula is C62H41N3. The Morgan fingerprint density at radius 2 is 0.892 bits per heavy atom. The molecule has 0 saturated heterocycles. The van der Waals surface area contributed by atoms with Gasteiger partial charge in [-0.1, -0.05) is 152 Å². The molecule has 0 bridgehead atoms. The molecule has 12 aromatic rings. The number of rotatable bonds is 5. The van der Waals surface area contributed by atoms with E-state index in [1.165, 1.54) is 105 Å². The van der Waals surface area contributed by atoms with Gasteiger partial charge in [-0.15, -0.1) is 0 Å². The summed E-state index contributed by atoms with van der Waals surface area (Å²) in [5.74, 6) is 0. The highest BCUT2D eigenvalue weighted by Crippen LogP contribution is 2.63.